The maximum Gasteiger partial charge on any atom is 0.413 e. The lowest BCUT2D eigenvalue weighted by atomic mass is 10.2. The molecule has 0 aliphatic heterocycles. The third-order valence-electron chi connectivity index (χ3n) is 2.20. The van der Waals surface area contributed by atoms with Crippen LogP contribution in [0, 0.1) is 0 Å². The van der Waals surface area contributed by atoms with Crippen LogP contribution in [0.15, 0.2) is 24.3 Å². The largest absolute Gasteiger partial charge is 0.452 e. The molecule has 0 N–H and O–H groups in total. The lowest BCUT2D eigenvalue weighted by molar-refractivity contribution is 0.180. The average Bonchev–Trinajstić information content (AvgIpc) is 2.27. The van der Waals surface area contributed by atoms with Gasteiger partial charge in [0.1, 0.15) is 0 Å². The summed E-state index contributed by atoms with van der Waals surface area (Å²) in [5.41, 5.74) is 1.91. The highest BCUT2D eigenvalue weighted by molar-refractivity contribution is 5.87. The van der Waals surface area contributed by atoms with Crippen LogP contribution in [0.2, 0.25) is 0 Å². The van der Waals surface area contributed by atoms with E-state index in [0.717, 1.165) is 11.4 Å². The van der Waals surface area contributed by atoms with E-state index in [-0.39, 0.29) is 6.09 Å². The van der Waals surface area contributed by atoms with Gasteiger partial charge < -0.3 is 9.64 Å². The van der Waals surface area contributed by atoms with E-state index < -0.39 is 0 Å². The predicted octanol–water partition coefficient (Wildman–Crippen LogP) is 1.96. The van der Waals surface area contributed by atoms with E-state index in [2.05, 4.69) is 4.74 Å². The molecule has 0 saturated heterocycles. The van der Waals surface area contributed by atoms with Crippen LogP contribution in [0.4, 0.5) is 16.2 Å². The Balaban J connectivity index is 2.84. The number of nitrogens with zero attached hydrogens (tertiary/aromatic N) is 2. The van der Waals surface area contributed by atoms with Crippen molar-refractivity contribution in [2.75, 3.05) is 38.1 Å². The van der Waals surface area contributed by atoms with E-state index in [4.69, 9.17) is 0 Å². The van der Waals surface area contributed by atoms with E-state index in [1.165, 1.54) is 12.0 Å². The highest BCUT2D eigenvalue weighted by Crippen LogP contribution is 2.18. The SMILES string of the molecule is COC(=O)N(C)c1ccc(N(C)C)cc1. The molecular formula is C11H16N2O2. The maximum atomic E-state index is 11.2. The van der Waals surface area contributed by atoms with Gasteiger partial charge in [0.25, 0.3) is 0 Å². The van der Waals surface area contributed by atoms with Gasteiger partial charge in [0.2, 0.25) is 0 Å². The minimum atomic E-state index is -0.368. The highest BCUT2D eigenvalue weighted by Gasteiger charge is 2.09. The van der Waals surface area contributed by atoms with E-state index in [1.54, 1.807) is 7.05 Å². The van der Waals surface area contributed by atoms with Crippen LogP contribution in [-0.4, -0.2) is 34.3 Å². The number of hydrogen-bond donors (Lipinski definition) is 0. The van der Waals surface area contributed by atoms with Crippen molar-refractivity contribution in [3.63, 3.8) is 0 Å². The molecule has 1 amide bonds. The van der Waals surface area contributed by atoms with Gasteiger partial charge in [-0.05, 0) is 24.3 Å². The first kappa shape index (κ1) is 11.4. The van der Waals surface area contributed by atoms with Crippen molar-refractivity contribution < 1.29 is 9.53 Å². The van der Waals surface area contributed by atoms with Gasteiger partial charge in [0, 0.05) is 32.5 Å². The van der Waals surface area contributed by atoms with Gasteiger partial charge in [0.15, 0.2) is 0 Å². The molecule has 1 aromatic carbocycles. The molecule has 0 atom stereocenters. The van der Waals surface area contributed by atoms with E-state index in [1.807, 2.05) is 43.3 Å². The Kier molecular flexibility index (Phi) is 3.55. The summed E-state index contributed by atoms with van der Waals surface area (Å²) < 4.78 is 4.62. The summed E-state index contributed by atoms with van der Waals surface area (Å²) in [5, 5.41) is 0. The van der Waals surface area contributed by atoms with Gasteiger partial charge in [-0.2, -0.15) is 0 Å². The zero-order valence-electron chi connectivity index (χ0n) is 9.52. The number of hydrogen-bond acceptors (Lipinski definition) is 3. The molecule has 4 heteroatoms. The van der Waals surface area contributed by atoms with Gasteiger partial charge in [-0.3, -0.25) is 4.90 Å². The van der Waals surface area contributed by atoms with Crippen molar-refractivity contribution in [1.29, 1.82) is 0 Å². The molecule has 1 aromatic rings. The smallest absolute Gasteiger partial charge is 0.413 e. The van der Waals surface area contributed by atoms with Crippen LogP contribution in [0.5, 0.6) is 0 Å². The average molecular weight is 208 g/mol. The number of carbonyl (C=O) groups is 1. The monoisotopic (exact) mass is 208 g/mol. The van der Waals surface area contributed by atoms with Crippen molar-refractivity contribution in [2.24, 2.45) is 0 Å². The minimum Gasteiger partial charge on any atom is -0.452 e. The second-order valence-electron chi connectivity index (χ2n) is 3.44. The van der Waals surface area contributed by atoms with Crippen molar-refractivity contribution in [1.82, 2.24) is 0 Å². The fourth-order valence-corrected chi connectivity index (χ4v) is 1.22. The van der Waals surface area contributed by atoms with Gasteiger partial charge >= 0.3 is 6.09 Å². The second-order valence-corrected chi connectivity index (χ2v) is 3.44. The number of amides is 1. The van der Waals surface area contributed by atoms with Gasteiger partial charge in [-0.15, -0.1) is 0 Å². The summed E-state index contributed by atoms with van der Waals surface area (Å²) >= 11 is 0. The normalized spacial score (nSPS) is 9.60. The van der Waals surface area contributed by atoms with Crippen molar-refractivity contribution in [3.8, 4) is 0 Å². The van der Waals surface area contributed by atoms with Gasteiger partial charge in [-0.1, -0.05) is 0 Å². The van der Waals surface area contributed by atoms with Gasteiger partial charge in [-0.25, -0.2) is 4.79 Å². The van der Waals surface area contributed by atoms with Crippen LogP contribution in [0.3, 0.4) is 0 Å². The highest BCUT2D eigenvalue weighted by atomic mass is 16.5. The Morgan fingerprint density at radius 2 is 1.53 bits per heavy atom. The van der Waals surface area contributed by atoms with E-state index >= 15 is 0 Å². The molecule has 0 aliphatic rings. The molecule has 1 rings (SSSR count). The first-order valence-corrected chi connectivity index (χ1v) is 4.65. The fraction of sp³-hybridized carbons (Fsp3) is 0.364. The molecule has 15 heavy (non-hydrogen) atoms. The van der Waals surface area contributed by atoms with Crippen molar-refractivity contribution in [3.05, 3.63) is 24.3 Å². The van der Waals surface area contributed by atoms with Crippen LogP contribution < -0.4 is 9.80 Å². The molecule has 0 spiro atoms. The van der Waals surface area contributed by atoms with Crippen molar-refractivity contribution >= 4 is 17.5 Å². The summed E-state index contributed by atoms with van der Waals surface area (Å²) in [4.78, 5) is 14.7. The molecule has 0 unspecified atom stereocenters. The first-order chi connectivity index (χ1) is 7.06. The molecule has 0 bridgehead atoms. The number of ether oxygens (including phenoxy) is 1. The number of methoxy groups -OCH3 is 1. The third-order valence-corrected chi connectivity index (χ3v) is 2.20. The Labute approximate surface area is 90.1 Å². The molecule has 4 nitrogen and oxygen atoms in total. The van der Waals surface area contributed by atoms with Crippen LogP contribution in [-0.2, 0) is 4.74 Å². The molecule has 82 valence electrons. The molecular weight excluding hydrogens is 192 g/mol. The molecule has 0 heterocycles. The summed E-state index contributed by atoms with van der Waals surface area (Å²) in [5.74, 6) is 0. The van der Waals surface area contributed by atoms with Crippen molar-refractivity contribution in [2.45, 2.75) is 0 Å². The maximum absolute atomic E-state index is 11.2. The Morgan fingerprint density at radius 1 is 1.07 bits per heavy atom. The summed E-state index contributed by atoms with van der Waals surface area (Å²) in [6.07, 6.45) is -0.368. The second kappa shape index (κ2) is 4.68. The number of benzene rings is 1. The first-order valence-electron chi connectivity index (χ1n) is 4.65. The molecule has 0 saturated carbocycles. The minimum absolute atomic E-state index is 0.368. The van der Waals surface area contributed by atoms with Gasteiger partial charge in [0.05, 0.1) is 7.11 Å². The Morgan fingerprint density at radius 3 is 1.93 bits per heavy atom. The molecule has 0 aromatic heterocycles. The zero-order chi connectivity index (χ0) is 11.4. The molecule has 0 radical (unpaired) electrons. The fourth-order valence-electron chi connectivity index (χ4n) is 1.22. The van der Waals surface area contributed by atoms with Crippen LogP contribution in [0.25, 0.3) is 0 Å². The predicted molar refractivity (Wildman–Crippen MR) is 61.6 cm³/mol. The topological polar surface area (TPSA) is 32.8 Å². The summed E-state index contributed by atoms with van der Waals surface area (Å²) in [6, 6.07) is 7.67. The lowest BCUT2D eigenvalue weighted by Crippen LogP contribution is -2.25. The summed E-state index contributed by atoms with van der Waals surface area (Å²) in [6.45, 7) is 0. The number of carbonyl (C=O) groups excluding carboxylic acids is 1. The Hall–Kier alpha value is -1.71. The summed E-state index contributed by atoms with van der Waals surface area (Å²) in [7, 11) is 6.99. The van der Waals surface area contributed by atoms with Crippen LogP contribution in [0.1, 0.15) is 0 Å². The standard InChI is InChI=1S/C11H16N2O2/c1-12(2)9-5-7-10(8-6-9)13(3)11(14)15-4/h5-8H,1-4H3. The lowest BCUT2D eigenvalue weighted by Gasteiger charge is -2.17. The zero-order valence-corrected chi connectivity index (χ0v) is 9.52. The molecule has 0 fully saturated rings. The Bertz CT molecular complexity index is 333. The number of rotatable bonds is 2. The number of anilines is 2. The third kappa shape index (κ3) is 2.62. The van der Waals surface area contributed by atoms with Crippen LogP contribution >= 0.6 is 0 Å². The molecule has 0 aliphatic carbocycles. The quantitative estimate of drug-likeness (QED) is 0.744. The van der Waals surface area contributed by atoms with E-state index in [0.29, 0.717) is 0 Å². The van der Waals surface area contributed by atoms with E-state index in [9.17, 15) is 4.79 Å².